The van der Waals surface area contributed by atoms with Gasteiger partial charge in [0, 0.05) is 6.54 Å². The molecule has 0 aliphatic carbocycles. The van der Waals surface area contributed by atoms with Crippen LogP contribution < -0.4 is 10.6 Å². The van der Waals surface area contributed by atoms with Crippen LogP contribution in [0.1, 0.15) is 39.0 Å². The summed E-state index contributed by atoms with van der Waals surface area (Å²) in [6.07, 6.45) is 5.60. The van der Waals surface area contributed by atoms with Crippen molar-refractivity contribution in [2.75, 3.05) is 13.1 Å². The molecule has 84 valence electrons. The van der Waals surface area contributed by atoms with Crippen molar-refractivity contribution in [3.63, 3.8) is 0 Å². The first-order chi connectivity index (χ1) is 6.34. The molecule has 0 aromatic rings. The molecule has 1 atom stereocenters. The molecule has 0 bridgehead atoms. The lowest BCUT2D eigenvalue weighted by Gasteiger charge is -2.22. The predicted molar refractivity (Wildman–Crippen MR) is 60.8 cm³/mol. The third kappa shape index (κ3) is 4.82. The third-order valence-electron chi connectivity index (χ3n) is 2.46. The van der Waals surface area contributed by atoms with Crippen LogP contribution >= 0.6 is 12.4 Å². The minimum atomic E-state index is 0. The zero-order chi connectivity index (χ0) is 9.52. The van der Waals surface area contributed by atoms with E-state index in [1.165, 1.54) is 12.8 Å². The SMILES string of the molecule is CCCCNC(=O)C1CCCCN1.Cl. The maximum atomic E-state index is 11.5. The molecule has 0 aromatic carbocycles. The second kappa shape index (κ2) is 8.06. The van der Waals surface area contributed by atoms with Crippen molar-refractivity contribution in [2.45, 2.75) is 45.1 Å². The van der Waals surface area contributed by atoms with E-state index < -0.39 is 0 Å². The van der Waals surface area contributed by atoms with Gasteiger partial charge in [-0.25, -0.2) is 0 Å². The highest BCUT2D eigenvalue weighted by Gasteiger charge is 2.19. The topological polar surface area (TPSA) is 41.1 Å². The van der Waals surface area contributed by atoms with Gasteiger partial charge in [-0.05, 0) is 25.8 Å². The molecule has 1 aliphatic rings. The molecule has 2 N–H and O–H groups in total. The fraction of sp³-hybridized carbons (Fsp3) is 0.900. The molecule has 4 heteroatoms. The first-order valence-corrected chi connectivity index (χ1v) is 5.35. The lowest BCUT2D eigenvalue weighted by atomic mass is 10.0. The van der Waals surface area contributed by atoms with E-state index in [1.54, 1.807) is 0 Å². The number of carbonyl (C=O) groups is 1. The average molecular weight is 221 g/mol. The van der Waals surface area contributed by atoms with E-state index in [9.17, 15) is 4.79 Å². The van der Waals surface area contributed by atoms with E-state index in [2.05, 4.69) is 17.6 Å². The zero-order valence-electron chi connectivity index (χ0n) is 8.84. The van der Waals surface area contributed by atoms with Crippen LogP contribution in [0.2, 0.25) is 0 Å². The highest BCUT2D eigenvalue weighted by Crippen LogP contribution is 2.06. The fourth-order valence-corrected chi connectivity index (χ4v) is 1.59. The number of carbonyl (C=O) groups excluding carboxylic acids is 1. The van der Waals surface area contributed by atoms with E-state index in [0.717, 1.165) is 32.4 Å². The van der Waals surface area contributed by atoms with E-state index in [-0.39, 0.29) is 24.4 Å². The summed E-state index contributed by atoms with van der Waals surface area (Å²) < 4.78 is 0. The second-order valence-electron chi connectivity index (χ2n) is 3.65. The van der Waals surface area contributed by atoms with Gasteiger partial charge in [0.1, 0.15) is 0 Å². The van der Waals surface area contributed by atoms with Gasteiger partial charge in [0.2, 0.25) is 5.91 Å². The minimum absolute atomic E-state index is 0. The summed E-state index contributed by atoms with van der Waals surface area (Å²) in [6, 6.07) is 0.0746. The van der Waals surface area contributed by atoms with Gasteiger partial charge in [-0.15, -0.1) is 12.4 Å². The number of amides is 1. The van der Waals surface area contributed by atoms with Crippen LogP contribution in [0.5, 0.6) is 0 Å². The molecule has 1 fully saturated rings. The molecule has 0 spiro atoms. The Kier molecular flexibility index (Phi) is 7.90. The standard InChI is InChI=1S/C10H20N2O.ClH/c1-2-3-7-12-10(13)9-6-4-5-8-11-9;/h9,11H,2-8H2,1H3,(H,12,13);1H. The van der Waals surface area contributed by atoms with E-state index >= 15 is 0 Å². The molecular formula is C10H21ClN2O. The van der Waals surface area contributed by atoms with Crippen LogP contribution in [0.25, 0.3) is 0 Å². The summed E-state index contributed by atoms with van der Waals surface area (Å²) in [6.45, 7) is 3.95. The maximum Gasteiger partial charge on any atom is 0.237 e. The Morgan fingerprint density at radius 2 is 2.29 bits per heavy atom. The molecule has 1 saturated heterocycles. The molecule has 0 aromatic heterocycles. The van der Waals surface area contributed by atoms with Gasteiger partial charge in [-0.2, -0.15) is 0 Å². The predicted octanol–water partition coefficient (Wildman–Crippen LogP) is 1.47. The number of nitrogens with one attached hydrogen (secondary N) is 2. The lowest BCUT2D eigenvalue weighted by molar-refractivity contribution is -0.123. The Hall–Kier alpha value is -0.280. The highest BCUT2D eigenvalue weighted by molar-refractivity contribution is 5.85. The van der Waals surface area contributed by atoms with Crippen molar-refractivity contribution in [1.29, 1.82) is 0 Å². The monoisotopic (exact) mass is 220 g/mol. The summed E-state index contributed by atoms with van der Waals surface area (Å²) in [5.74, 6) is 0.188. The van der Waals surface area contributed by atoms with Crippen LogP contribution in [0, 0.1) is 0 Å². The number of halogens is 1. The van der Waals surface area contributed by atoms with Crippen molar-refractivity contribution in [3.8, 4) is 0 Å². The summed E-state index contributed by atoms with van der Waals surface area (Å²) >= 11 is 0. The Bertz CT molecular complexity index is 158. The maximum absolute atomic E-state index is 11.5. The van der Waals surface area contributed by atoms with Crippen molar-refractivity contribution < 1.29 is 4.79 Å². The molecule has 0 saturated carbocycles. The fourth-order valence-electron chi connectivity index (χ4n) is 1.59. The normalized spacial score (nSPS) is 21.1. The van der Waals surface area contributed by atoms with Gasteiger partial charge < -0.3 is 10.6 Å². The smallest absolute Gasteiger partial charge is 0.237 e. The first-order valence-electron chi connectivity index (χ1n) is 5.35. The van der Waals surface area contributed by atoms with Gasteiger partial charge in [-0.1, -0.05) is 19.8 Å². The Morgan fingerprint density at radius 1 is 1.50 bits per heavy atom. The van der Waals surface area contributed by atoms with Crippen molar-refractivity contribution in [3.05, 3.63) is 0 Å². The summed E-state index contributed by atoms with van der Waals surface area (Å²) in [7, 11) is 0. The molecule has 3 nitrogen and oxygen atoms in total. The molecule has 1 aliphatic heterocycles. The van der Waals surface area contributed by atoms with Crippen molar-refractivity contribution in [1.82, 2.24) is 10.6 Å². The minimum Gasteiger partial charge on any atom is -0.355 e. The van der Waals surface area contributed by atoms with Crippen molar-refractivity contribution >= 4 is 18.3 Å². The largest absolute Gasteiger partial charge is 0.355 e. The summed E-state index contributed by atoms with van der Waals surface area (Å²) in [5.41, 5.74) is 0. The Morgan fingerprint density at radius 3 is 2.86 bits per heavy atom. The average Bonchev–Trinajstić information content (AvgIpc) is 2.19. The number of rotatable bonds is 4. The van der Waals surface area contributed by atoms with Gasteiger partial charge in [0.15, 0.2) is 0 Å². The number of hydrogen-bond donors (Lipinski definition) is 2. The summed E-state index contributed by atoms with van der Waals surface area (Å²) in [5, 5.41) is 6.19. The lowest BCUT2D eigenvalue weighted by Crippen LogP contribution is -2.46. The number of hydrogen-bond acceptors (Lipinski definition) is 2. The van der Waals surface area contributed by atoms with Crippen LogP contribution in [-0.2, 0) is 4.79 Å². The molecule has 1 rings (SSSR count). The van der Waals surface area contributed by atoms with Gasteiger partial charge in [-0.3, -0.25) is 4.79 Å². The van der Waals surface area contributed by atoms with E-state index in [0.29, 0.717) is 0 Å². The summed E-state index contributed by atoms with van der Waals surface area (Å²) in [4.78, 5) is 11.5. The number of piperidine rings is 1. The second-order valence-corrected chi connectivity index (χ2v) is 3.65. The van der Waals surface area contributed by atoms with Crippen molar-refractivity contribution in [2.24, 2.45) is 0 Å². The Balaban J connectivity index is 0.00000169. The first kappa shape index (κ1) is 13.7. The van der Waals surface area contributed by atoms with Gasteiger partial charge >= 0.3 is 0 Å². The van der Waals surface area contributed by atoms with Crippen LogP contribution in [0.4, 0.5) is 0 Å². The third-order valence-corrected chi connectivity index (χ3v) is 2.46. The molecule has 1 heterocycles. The van der Waals surface area contributed by atoms with E-state index in [4.69, 9.17) is 0 Å². The van der Waals surface area contributed by atoms with Gasteiger partial charge in [0.25, 0.3) is 0 Å². The quantitative estimate of drug-likeness (QED) is 0.705. The van der Waals surface area contributed by atoms with Gasteiger partial charge in [0.05, 0.1) is 6.04 Å². The molecular weight excluding hydrogens is 200 g/mol. The Labute approximate surface area is 92.4 Å². The molecule has 1 amide bonds. The van der Waals surface area contributed by atoms with Crippen LogP contribution in [0.3, 0.4) is 0 Å². The highest BCUT2D eigenvalue weighted by atomic mass is 35.5. The molecule has 1 unspecified atom stereocenters. The zero-order valence-corrected chi connectivity index (χ0v) is 9.66. The van der Waals surface area contributed by atoms with Crippen LogP contribution in [0.15, 0.2) is 0 Å². The molecule has 0 radical (unpaired) electrons. The molecule has 14 heavy (non-hydrogen) atoms. The number of unbranched alkanes of at least 4 members (excludes halogenated alkanes) is 1. The van der Waals surface area contributed by atoms with E-state index in [1.807, 2.05) is 0 Å². The van der Waals surface area contributed by atoms with Crippen LogP contribution in [-0.4, -0.2) is 25.0 Å².